The van der Waals surface area contributed by atoms with E-state index in [1.807, 2.05) is 43.3 Å². The maximum atomic E-state index is 13.1. The van der Waals surface area contributed by atoms with E-state index in [0.29, 0.717) is 44.1 Å². The highest BCUT2D eigenvalue weighted by atomic mass is 19.1. The van der Waals surface area contributed by atoms with Crippen molar-refractivity contribution in [3.63, 3.8) is 0 Å². The largest absolute Gasteiger partial charge is 0.492 e. The van der Waals surface area contributed by atoms with Crippen molar-refractivity contribution in [3.8, 4) is 5.75 Å². The first-order valence-corrected chi connectivity index (χ1v) is 12.3. The third-order valence-electron chi connectivity index (χ3n) is 6.60. The van der Waals surface area contributed by atoms with E-state index in [9.17, 15) is 9.18 Å². The lowest BCUT2D eigenvalue weighted by atomic mass is 10.1. The summed E-state index contributed by atoms with van der Waals surface area (Å²) in [6.45, 7) is 8.98. The molecule has 4 rings (SSSR count). The highest BCUT2D eigenvalue weighted by Gasteiger charge is 2.55. The summed E-state index contributed by atoms with van der Waals surface area (Å²) in [7, 11) is 0. The van der Waals surface area contributed by atoms with Gasteiger partial charge in [0.15, 0.2) is 6.10 Å². The number of nitrogens with zero attached hydrogens (tertiary/aromatic N) is 1. The smallest absolute Gasteiger partial charge is 0.335 e. The summed E-state index contributed by atoms with van der Waals surface area (Å²) in [5.41, 5.74) is 2.17. The minimum Gasteiger partial charge on any atom is -0.492 e. The number of likely N-dealkylation sites (tertiary alicyclic amines) is 1. The number of nitrogens with one attached hydrogen (secondary N) is 1. The van der Waals surface area contributed by atoms with E-state index in [1.165, 1.54) is 17.7 Å². The molecule has 4 atom stereocenters. The Morgan fingerprint density at radius 1 is 1.03 bits per heavy atom. The van der Waals surface area contributed by atoms with E-state index in [-0.39, 0.29) is 11.8 Å². The average molecular weight is 471 g/mol. The number of fused-ring (bicyclic) bond motifs is 1. The first-order valence-electron chi connectivity index (χ1n) is 12.3. The van der Waals surface area contributed by atoms with Gasteiger partial charge < -0.3 is 19.5 Å². The van der Waals surface area contributed by atoms with Crippen molar-refractivity contribution in [1.29, 1.82) is 0 Å². The molecule has 1 saturated carbocycles. The molecule has 34 heavy (non-hydrogen) atoms. The van der Waals surface area contributed by atoms with Crippen LogP contribution in [0.5, 0.6) is 5.75 Å². The van der Waals surface area contributed by atoms with Gasteiger partial charge in [0, 0.05) is 45.2 Å². The molecular weight excluding hydrogens is 435 g/mol. The second kappa shape index (κ2) is 11.8. The normalized spacial score (nSPS) is 22.3. The molecule has 1 unspecified atom stereocenters. The van der Waals surface area contributed by atoms with E-state index >= 15 is 0 Å². The van der Waals surface area contributed by atoms with Crippen LogP contribution in [0.2, 0.25) is 0 Å². The molecule has 0 aromatic heterocycles. The lowest BCUT2D eigenvalue weighted by Gasteiger charge is -2.20. The lowest BCUT2D eigenvalue weighted by molar-refractivity contribution is -0.156. The van der Waals surface area contributed by atoms with E-state index < -0.39 is 6.10 Å². The highest BCUT2D eigenvalue weighted by molar-refractivity contribution is 5.75. The van der Waals surface area contributed by atoms with Crippen LogP contribution in [0.1, 0.15) is 25.0 Å². The number of hydrogen-bond acceptors (Lipinski definition) is 6. The van der Waals surface area contributed by atoms with Gasteiger partial charge in [-0.05, 0) is 61.1 Å². The zero-order chi connectivity index (χ0) is 23.9. The molecule has 2 aromatic carbocycles. The summed E-state index contributed by atoms with van der Waals surface area (Å²) in [5, 5.41) is 3.63. The van der Waals surface area contributed by atoms with Crippen molar-refractivity contribution in [2.45, 2.75) is 39.0 Å². The number of esters is 1. The standard InChI is InChI=1S/C27H35FN2O4/c1-3-32-25(27(31)33-4-2)15-19-7-11-22(12-8-19)34-14-13-29-26-23-17-30(18-24(23)26)16-20-5-9-21(28)10-6-20/h5-12,23-26,29H,3-4,13-18H2,1-2H3/t23-,24?,25-,26+/m0/s1. The van der Waals surface area contributed by atoms with Crippen LogP contribution in [-0.4, -0.2) is 62.5 Å². The van der Waals surface area contributed by atoms with Crippen LogP contribution in [0, 0.1) is 17.7 Å². The molecule has 1 aliphatic carbocycles. The Labute approximate surface area is 201 Å². The molecule has 7 heteroatoms. The Balaban J connectivity index is 1.12. The van der Waals surface area contributed by atoms with Crippen LogP contribution in [0.25, 0.3) is 0 Å². The molecule has 2 aromatic rings. The molecule has 2 aliphatic rings. The zero-order valence-electron chi connectivity index (χ0n) is 20.0. The van der Waals surface area contributed by atoms with E-state index in [4.69, 9.17) is 14.2 Å². The predicted octanol–water partition coefficient (Wildman–Crippen LogP) is 3.44. The Bertz CT molecular complexity index is 909. The minimum absolute atomic E-state index is 0.181. The molecule has 0 amide bonds. The van der Waals surface area contributed by atoms with Gasteiger partial charge >= 0.3 is 5.97 Å². The number of piperidine rings is 1. The van der Waals surface area contributed by atoms with Crippen molar-refractivity contribution in [3.05, 3.63) is 65.5 Å². The van der Waals surface area contributed by atoms with Crippen LogP contribution < -0.4 is 10.1 Å². The van der Waals surface area contributed by atoms with Gasteiger partial charge in [-0.1, -0.05) is 24.3 Å². The molecule has 2 fully saturated rings. The van der Waals surface area contributed by atoms with E-state index in [2.05, 4.69) is 10.2 Å². The average Bonchev–Trinajstić information content (AvgIpc) is 3.28. The maximum absolute atomic E-state index is 13.1. The third kappa shape index (κ3) is 6.56. The summed E-state index contributed by atoms with van der Waals surface area (Å²) in [6, 6.07) is 15.2. The van der Waals surface area contributed by atoms with E-state index in [1.54, 1.807) is 6.92 Å². The minimum atomic E-state index is -0.578. The molecule has 1 saturated heterocycles. The molecule has 1 aliphatic heterocycles. The molecule has 0 radical (unpaired) electrons. The van der Waals surface area contributed by atoms with Gasteiger partial charge in [-0.2, -0.15) is 0 Å². The van der Waals surface area contributed by atoms with Gasteiger partial charge in [-0.25, -0.2) is 9.18 Å². The van der Waals surface area contributed by atoms with Gasteiger partial charge in [-0.3, -0.25) is 4.90 Å². The third-order valence-corrected chi connectivity index (χ3v) is 6.60. The number of carbonyl (C=O) groups excluding carboxylic acids is 1. The number of ether oxygens (including phenoxy) is 3. The summed E-state index contributed by atoms with van der Waals surface area (Å²) >= 11 is 0. The molecule has 6 nitrogen and oxygen atoms in total. The van der Waals surface area contributed by atoms with Crippen LogP contribution in [0.3, 0.4) is 0 Å². The first kappa shape index (κ1) is 24.6. The predicted molar refractivity (Wildman–Crippen MR) is 128 cm³/mol. The molecular formula is C27H35FN2O4. The summed E-state index contributed by atoms with van der Waals surface area (Å²) < 4.78 is 29.6. The SMILES string of the molecule is CCOC(=O)[C@H](Cc1ccc(OCCN[C@H]2C3CN(Cc4ccc(F)cc4)C[C@@H]32)cc1)OCC. The number of carbonyl (C=O) groups is 1. The van der Waals surface area contributed by atoms with Crippen molar-refractivity contribution < 1.29 is 23.4 Å². The first-order chi connectivity index (χ1) is 16.6. The van der Waals surface area contributed by atoms with E-state index in [0.717, 1.165) is 37.5 Å². The highest BCUT2D eigenvalue weighted by Crippen LogP contribution is 2.45. The van der Waals surface area contributed by atoms with Crippen molar-refractivity contribution >= 4 is 5.97 Å². The second-order valence-corrected chi connectivity index (χ2v) is 9.02. The Morgan fingerprint density at radius 3 is 2.35 bits per heavy atom. The summed E-state index contributed by atoms with van der Waals surface area (Å²) in [6.07, 6.45) is -0.0949. The fourth-order valence-electron chi connectivity index (χ4n) is 4.87. The molecule has 184 valence electrons. The lowest BCUT2D eigenvalue weighted by Crippen LogP contribution is -2.33. The Hall–Kier alpha value is -2.48. The fraction of sp³-hybridized carbons (Fsp3) is 0.519. The summed E-state index contributed by atoms with van der Waals surface area (Å²) in [5.74, 6) is 1.73. The quantitative estimate of drug-likeness (QED) is 0.358. The van der Waals surface area contributed by atoms with Crippen LogP contribution in [0.15, 0.2) is 48.5 Å². The van der Waals surface area contributed by atoms with Gasteiger partial charge in [0.25, 0.3) is 0 Å². The number of halogens is 1. The molecule has 0 bridgehead atoms. The van der Waals surface area contributed by atoms with Crippen molar-refractivity contribution in [1.82, 2.24) is 10.2 Å². The molecule has 1 N–H and O–H groups in total. The van der Waals surface area contributed by atoms with Gasteiger partial charge in [0.2, 0.25) is 0 Å². The Morgan fingerprint density at radius 2 is 1.71 bits per heavy atom. The Kier molecular flexibility index (Phi) is 8.53. The van der Waals surface area contributed by atoms with Gasteiger partial charge in [0.1, 0.15) is 18.2 Å². The van der Waals surface area contributed by atoms with Crippen LogP contribution in [0.4, 0.5) is 4.39 Å². The number of benzene rings is 2. The number of hydrogen-bond donors (Lipinski definition) is 1. The van der Waals surface area contributed by atoms with Gasteiger partial charge in [-0.15, -0.1) is 0 Å². The monoisotopic (exact) mass is 470 g/mol. The zero-order valence-corrected chi connectivity index (χ0v) is 20.0. The van der Waals surface area contributed by atoms with Crippen molar-refractivity contribution in [2.24, 2.45) is 11.8 Å². The van der Waals surface area contributed by atoms with Crippen molar-refractivity contribution in [2.75, 3.05) is 39.5 Å². The second-order valence-electron chi connectivity index (χ2n) is 9.02. The topological polar surface area (TPSA) is 60.0 Å². The molecule has 1 heterocycles. The maximum Gasteiger partial charge on any atom is 0.335 e. The number of rotatable bonds is 13. The van der Waals surface area contributed by atoms with Crippen LogP contribution in [-0.2, 0) is 27.2 Å². The fourth-order valence-corrected chi connectivity index (χ4v) is 4.87. The summed E-state index contributed by atoms with van der Waals surface area (Å²) in [4.78, 5) is 14.5. The van der Waals surface area contributed by atoms with Gasteiger partial charge in [0.05, 0.1) is 6.61 Å². The van der Waals surface area contributed by atoms with Crippen LogP contribution >= 0.6 is 0 Å². The molecule has 0 spiro atoms.